The lowest BCUT2D eigenvalue weighted by atomic mass is 10.1. The SMILES string of the molecule is CN=C(NCCc1coc(-c2ccc(F)cc2)n1)N1CCC(Oc2ccccc2)CC1.I. The second-order valence-electron chi connectivity index (χ2n) is 7.49. The molecule has 0 unspecified atom stereocenters. The highest BCUT2D eigenvalue weighted by Gasteiger charge is 2.22. The number of halogens is 2. The van der Waals surface area contributed by atoms with Gasteiger partial charge in [0.25, 0.3) is 0 Å². The Morgan fingerprint density at radius 2 is 1.88 bits per heavy atom. The molecule has 1 fully saturated rings. The smallest absolute Gasteiger partial charge is 0.226 e. The number of aliphatic imine (C=N–C) groups is 1. The van der Waals surface area contributed by atoms with Gasteiger partial charge in [0.05, 0.1) is 5.69 Å². The fraction of sp³-hybridized carbons (Fsp3) is 0.333. The molecule has 1 aliphatic heterocycles. The van der Waals surface area contributed by atoms with Gasteiger partial charge < -0.3 is 19.4 Å². The summed E-state index contributed by atoms with van der Waals surface area (Å²) >= 11 is 0. The predicted molar refractivity (Wildman–Crippen MR) is 134 cm³/mol. The topological polar surface area (TPSA) is 62.9 Å². The molecule has 0 radical (unpaired) electrons. The monoisotopic (exact) mass is 550 g/mol. The van der Waals surface area contributed by atoms with Crippen molar-refractivity contribution in [3.8, 4) is 17.2 Å². The van der Waals surface area contributed by atoms with Crippen molar-refractivity contribution in [1.82, 2.24) is 15.2 Å². The molecule has 170 valence electrons. The van der Waals surface area contributed by atoms with E-state index >= 15 is 0 Å². The van der Waals surface area contributed by atoms with Gasteiger partial charge in [-0.2, -0.15) is 0 Å². The molecule has 3 aromatic rings. The largest absolute Gasteiger partial charge is 0.490 e. The third kappa shape index (κ3) is 6.44. The molecule has 0 bridgehead atoms. The first-order chi connectivity index (χ1) is 15.2. The summed E-state index contributed by atoms with van der Waals surface area (Å²) in [5.74, 6) is 2.04. The number of hydrogen-bond donors (Lipinski definition) is 1. The summed E-state index contributed by atoms with van der Waals surface area (Å²) in [4.78, 5) is 11.2. The van der Waals surface area contributed by atoms with Gasteiger partial charge in [0.1, 0.15) is 23.9 Å². The first-order valence-corrected chi connectivity index (χ1v) is 10.6. The summed E-state index contributed by atoms with van der Waals surface area (Å²) in [7, 11) is 1.80. The summed E-state index contributed by atoms with van der Waals surface area (Å²) in [6.07, 6.45) is 4.50. The number of likely N-dealkylation sites (tertiary alicyclic amines) is 1. The second kappa shape index (κ2) is 11.8. The number of guanidine groups is 1. The number of aromatic nitrogens is 1. The lowest BCUT2D eigenvalue weighted by Crippen LogP contribution is -2.47. The van der Waals surface area contributed by atoms with Gasteiger partial charge in [0.15, 0.2) is 5.96 Å². The van der Waals surface area contributed by atoms with Crippen LogP contribution in [-0.4, -0.2) is 48.6 Å². The molecule has 32 heavy (non-hydrogen) atoms. The Morgan fingerprint density at radius 1 is 1.16 bits per heavy atom. The van der Waals surface area contributed by atoms with E-state index in [2.05, 4.69) is 20.2 Å². The molecule has 0 spiro atoms. The van der Waals surface area contributed by atoms with Crippen molar-refractivity contribution < 1.29 is 13.5 Å². The number of nitrogens with zero attached hydrogens (tertiary/aromatic N) is 3. The Balaban J connectivity index is 0.00000289. The maximum atomic E-state index is 13.1. The van der Waals surface area contributed by atoms with Gasteiger partial charge in [-0.1, -0.05) is 18.2 Å². The molecular formula is C24H28FIN4O2. The number of oxazole rings is 1. The fourth-order valence-electron chi connectivity index (χ4n) is 3.66. The van der Waals surface area contributed by atoms with E-state index in [1.54, 1.807) is 25.4 Å². The minimum Gasteiger partial charge on any atom is -0.490 e. The maximum absolute atomic E-state index is 13.1. The first kappa shape index (κ1) is 24.0. The van der Waals surface area contributed by atoms with Gasteiger partial charge >= 0.3 is 0 Å². The molecule has 0 saturated carbocycles. The Labute approximate surface area is 204 Å². The fourth-order valence-corrected chi connectivity index (χ4v) is 3.66. The number of rotatable bonds is 6. The van der Waals surface area contributed by atoms with Crippen molar-refractivity contribution in [3.63, 3.8) is 0 Å². The second-order valence-corrected chi connectivity index (χ2v) is 7.49. The molecule has 0 amide bonds. The van der Waals surface area contributed by atoms with Crippen LogP contribution in [0.3, 0.4) is 0 Å². The van der Waals surface area contributed by atoms with E-state index in [-0.39, 0.29) is 35.9 Å². The molecule has 1 aliphatic rings. The van der Waals surface area contributed by atoms with Crippen LogP contribution in [-0.2, 0) is 6.42 Å². The summed E-state index contributed by atoms with van der Waals surface area (Å²) in [6, 6.07) is 16.1. The minimum atomic E-state index is -0.276. The molecule has 2 heterocycles. The third-order valence-corrected chi connectivity index (χ3v) is 5.31. The van der Waals surface area contributed by atoms with Crippen LogP contribution in [0.4, 0.5) is 4.39 Å². The van der Waals surface area contributed by atoms with Crippen LogP contribution in [0.25, 0.3) is 11.5 Å². The molecule has 6 nitrogen and oxygen atoms in total. The van der Waals surface area contributed by atoms with Crippen molar-refractivity contribution in [2.75, 3.05) is 26.7 Å². The summed E-state index contributed by atoms with van der Waals surface area (Å²) < 4.78 is 24.7. The van der Waals surface area contributed by atoms with Crippen molar-refractivity contribution in [2.45, 2.75) is 25.4 Å². The summed E-state index contributed by atoms with van der Waals surface area (Å²) in [6.45, 7) is 2.49. The van der Waals surface area contributed by atoms with E-state index in [1.807, 2.05) is 30.3 Å². The summed E-state index contributed by atoms with van der Waals surface area (Å²) in [5.41, 5.74) is 1.61. The van der Waals surface area contributed by atoms with Crippen LogP contribution < -0.4 is 10.1 Å². The Morgan fingerprint density at radius 3 is 2.56 bits per heavy atom. The number of piperidine rings is 1. The Hall–Kier alpha value is -2.62. The quantitative estimate of drug-likeness (QED) is 0.273. The highest BCUT2D eigenvalue weighted by molar-refractivity contribution is 14.0. The molecule has 1 N–H and O–H groups in total. The molecule has 4 rings (SSSR count). The number of benzene rings is 2. The van der Waals surface area contributed by atoms with Crippen LogP contribution in [0.15, 0.2) is 70.3 Å². The van der Waals surface area contributed by atoms with Crippen molar-refractivity contribution in [2.24, 2.45) is 4.99 Å². The van der Waals surface area contributed by atoms with E-state index in [4.69, 9.17) is 9.15 Å². The molecular weight excluding hydrogens is 522 g/mol. The molecule has 0 atom stereocenters. The molecule has 8 heteroatoms. The number of ether oxygens (including phenoxy) is 1. The van der Waals surface area contributed by atoms with Crippen LogP contribution in [0, 0.1) is 5.82 Å². The molecule has 1 aromatic heterocycles. The molecule has 0 aliphatic carbocycles. The molecule has 2 aromatic carbocycles. The Kier molecular flexibility index (Phi) is 8.90. The third-order valence-electron chi connectivity index (χ3n) is 5.31. The summed E-state index contributed by atoms with van der Waals surface area (Å²) in [5, 5.41) is 3.41. The van der Waals surface area contributed by atoms with E-state index < -0.39 is 0 Å². The van der Waals surface area contributed by atoms with Crippen LogP contribution in [0.1, 0.15) is 18.5 Å². The van der Waals surface area contributed by atoms with Crippen molar-refractivity contribution in [3.05, 3.63) is 72.4 Å². The van der Waals surface area contributed by atoms with Gasteiger partial charge in [-0.25, -0.2) is 9.37 Å². The standard InChI is InChI=1S/C24H27FN4O2.HI/c1-26-24(29-15-12-22(13-16-29)31-21-5-3-2-4-6-21)27-14-11-20-17-30-23(28-20)18-7-9-19(25)10-8-18;/h2-10,17,22H,11-16H2,1H3,(H,26,27);1H. The number of hydrogen-bond acceptors (Lipinski definition) is 4. The van der Waals surface area contributed by atoms with Crippen LogP contribution in [0.2, 0.25) is 0 Å². The average Bonchev–Trinajstić information content (AvgIpc) is 3.28. The maximum Gasteiger partial charge on any atom is 0.226 e. The zero-order chi connectivity index (χ0) is 21.5. The van der Waals surface area contributed by atoms with Crippen molar-refractivity contribution in [1.29, 1.82) is 0 Å². The van der Waals surface area contributed by atoms with Crippen LogP contribution in [0.5, 0.6) is 5.75 Å². The van der Waals surface area contributed by atoms with E-state index in [0.717, 1.165) is 48.9 Å². The lowest BCUT2D eigenvalue weighted by molar-refractivity contribution is 0.129. The van der Waals surface area contributed by atoms with Gasteiger partial charge in [-0.3, -0.25) is 4.99 Å². The highest BCUT2D eigenvalue weighted by atomic mass is 127. The van der Waals surface area contributed by atoms with Gasteiger partial charge in [0, 0.05) is 51.5 Å². The van der Waals surface area contributed by atoms with Gasteiger partial charge in [-0.15, -0.1) is 24.0 Å². The van der Waals surface area contributed by atoms with Crippen molar-refractivity contribution >= 4 is 29.9 Å². The number of para-hydroxylation sites is 1. The predicted octanol–water partition coefficient (Wildman–Crippen LogP) is 4.76. The lowest BCUT2D eigenvalue weighted by Gasteiger charge is -2.34. The first-order valence-electron chi connectivity index (χ1n) is 10.6. The van der Waals surface area contributed by atoms with E-state index in [0.29, 0.717) is 18.9 Å². The van der Waals surface area contributed by atoms with Gasteiger partial charge in [0.2, 0.25) is 5.89 Å². The van der Waals surface area contributed by atoms with E-state index in [1.165, 1.54) is 12.1 Å². The van der Waals surface area contributed by atoms with Crippen LogP contribution >= 0.6 is 24.0 Å². The Bertz CT molecular complexity index is 987. The van der Waals surface area contributed by atoms with Gasteiger partial charge in [-0.05, 0) is 36.4 Å². The molecule has 1 saturated heterocycles. The highest BCUT2D eigenvalue weighted by Crippen LogP contribution is 2.20. The van der Waals surface area contributed by atoms with E-state index in [9.17, 15) is 4.39 Å². The minimum absolute atomic E-state index is 0. The zero-order valence-corrected chi connectivity index (χ0v) is 20.4. The zero-order valence-electron chi connectivity index (χ0n) is 18.0. The normalized spacial score (nSPS) is 14.7. The average molecular weight is 550 g/mol. The number of nitrogens with one attached hydrogen (secondary N) is 1.